The maximum Gasteiger partial charge on any atom is 0.126 e. The van der Waals surface area contributed by atoms with Gasteiger partial charge in [0.2, 0.25) is 0 Å². The molecule has 3 nitrogen and oxygen atoms in total. The number of pyridine rings is 1. The van der Waals surface area contributed by atoms with Gasteiger partial charge in [-0.15, -0.1) is 0 Å². The van der Waals surface area contributed by atoms with Crippen LogP contribution in [0.2, 0.25) is 0 Å². The summed E-state index contributed by atoms with van der Waals surface area (Å²) in [7, 11) is 0. The van der Waals surface area contributed by atoms with Gasteiger partial charge in [0.15, 0.2) is 0 Å². The van der Waals surface area contributed by atoms with Gasteiger partial charge in [0, 0.05) is 6.20 Å². The molecule has 0 aliphatic carbocycles. The SMILES string of the molecule is CCNC(c1ccco1)c1ncccc1C. The number of aryl methyl sites for hydroxylation is 1. The highest BCUT2D eigenvalue weighted by Gasteiger charge is 2.18. The lowest BCUT2D eigenvalue weighted by atomic mass is 10.1. The van der Waals surface area contributed by atoms with E-state index in [1.807, 2.05) is 24.4 Å². The quantitative estimate of drug-likeness (QED) is 0.853. The van der Waals surface area contributed by atoms with Crippen molar-refractivity contribution in [1.29, 1.82) is 0 Å². The van der Waals surface area contributed by atoms with Crippen molar-refractivity contribution in [3.63, 3.8) is 0 Å². The zero-order valence-corrected chi connectivity index (χ0v) is 9.60. The number of rotatable bonds is 4. The lowest BCUT2D eigenvalue weighted by Crippen LogP contribution is -2.23. The lowest BCUT2D eigenvalue weighted by Gasteiger charge is -2.16. The van der Waals surface area contributed by atoms with Gasteiger partial charge in [0.1, 0.15) is 11.8 Å². The number of nitrogens with one attached hydrogen (secondary N) is 1. The van der Waals surface area contributed by atoms with Crippen molar-refractivity contribution in [2.45, 2.75) is 19.9 Å². The van der Waals surface area contributed by atoms with E-state index in [0.29, 0.717) is 0 Å². The second kappa shape index (κ2) is 4.94. The first-order chi connectivity index (χ1) is 7.83. The highest BCUT2D eigenvalue weighted by atomic mass is 16.3. The Labute approximate surface area is 95.5 Å². The largest absolute Gasteiger partial charge is 0.467 e. The van der Waals surface area contributed by atoms with E-state index in [0.717, 1.165) is 18.0 Å². The molecular formula is C13H16N2O. The summed E-state index contributed by atoms with van der Waals surface area (Å²) in [6.07, 6.45) is 3.51. The summed E-state index contributed by atoms with van der Waals surface area (Å²) in [4.78, 5) is 4.43. The summed E-state index contributed by atoms with van der Waals surface area (Å²) in [5, 5.41) is 3.39. The third-order valence-corrected chi connectivity index (χ3v) is 2.56. The van der Waals surface area contributed by atoms with Crippen LogP contribution in [0.3, 0.4) is 0 Å². The van der Waals surface area contributed by atoms with Gasteiger partial charge in [-0.05, 0) is 37.2 Å². The van der Waals surface area contributed by atoms with Gasteiger partial charge < -0.3 is 9.73 Å². The summed E-state index contributed by atoms with van der Waals surface area (Å²) >= 11 is 0. The third kappa shape index (κ3) is 2.14. The van der Waals surface area contributed by atoms with Crippen molar-refractivity contribution in [2.24, 2.45) is 0 Å². The van der Waals surface area contributed by atoms with Crippen LogP contribution in [0.1, 0.15) is 30.0 Å². The Kier molecular flexibility index (Phi) is 3.37. The zero-order valence-electron chi connectivity index (χ0n) is 9.60. The van der Waals surface area contributed by atoms with E-state index in [1.165, 1.54) is 5.56 Å². The Bertz CT molecular complexity index is 437. The monoisotopic (exact) mass is 216 g/mol. The van der Waals surface area contributed by atoms with Gasteiger partial charge in [-0.25, -0.2) is 0 Å². The summed E-state index contributed by atoms with van der Waals surface area (Å²) in [6.45, 7) is 5.02. The van der Waals surface area contributed by atoms with Crippen LogP contribution in [-0.2, 0) is 0 Å². The van der Waals surface area contributed by atoms with Crippen LogP contribution < -0.4 is 5.32 Å². The molecule has 2 aromatic heterocycles. The molecule has 0 fully saturated rings. The second-order valence-corrected chi connectivity index (χ2v) is 3.71. The van der Waals surface area contributed by atoms with Crippen LogP contribution in [0.15, 0.2) is 41.1 Å². The van der Waals surface area contributed by atoms with Gasteiger partial charge in [0.05, 0.1) is 12.0 Å². The van der Waals surface area contributed by atoms with Gasteiger partial charge >= 0.3 is 0 Å². The molecule has 2 heterocycles. The molecule has 2 rings (SSSR count). The topological polar surface area (TPSA) is 38.1 Å². The minimum Gasteiger partial charge on any atom is -0.467 e. The molecule has 0 aliphatic heterocycles. The number of aromatic nitrogens is 1. The molecule has 0 spiro atoms. The molecule has 1 atom stereocenters. The molecular weight excluding hydrogens is 200 g/mol. The maximum atomic E-state index is 5.46. The summed E-state index contributed by atoms with van der Waals surface area (Å²) < 4.78 is 5.46. The normalized spacial score (nSPS) is 12.6. The zero-order chi connectivity index (χ0) is 11.4. The summed E-state index contributed by atoms with van der Waals surface area (Å²) in [5.74, 6) is 0.906. The molecule has 0 amide bonds. The van der Waals surface area contributed by atoms with Gasteiger partial charge in [-0.1, -0.05) is 13.0 Å². The van der Waals surface area contributed by atoms with Gasteiger partial charge in [-0.3, -0.25) is 4.98 Å². The molecule has 2 aromatic rings. The molecule has 0 saturated carbocycles. The van der Waals surface area contributed by atoms with E-state index in [2.05, 4.69) is 30.2 Å². The number of furan rings is 1. The Balaban J connectivity index is 2.37. The Morgan fingerprint density at radius 1 is 1.38 bits per heavy atom. The van der Waals surface area contributed by atoms with E-state index in [9.17, 15) is 0 Å². The van der Waals surface area contributed by atoms with Crippen molar-refractivity contribution < 1.29 is 4.42 Å². The number of hydrogen-bond donors (Lipinski definition) is 1. The Morgan fingerprint density at radius 3 is 2.88 bits per heavy atom. The van der Waals surface area contributed by atoms with Crippen LogP contribution >= 0.6 is 0 Å². The third-order valence-electron chi connectivity index (χ3n) is 2.56. The predicted octanol–water partition coefficient (Wildman–Crippen LogP) is 2.68. The number of nitrogens with zero attached hydrogens (tertiary/aromatic N) is 1. The summed E-state index contributed by atoms with van der Waals surface area (Å²) in [5.41, 5.74) is 2.20. The molecule has 1 unspecified atom stereocenters. The fraction of sp³-hybridized carbons (Fsp3) is 0.308. The Hall–Kier alpha value is -1.61. The molecule has 0 saturated heterocycles. The molecule has 3 heteroatoms. The maximum absolute atomic E-state index is 5.46. The molecule has 0 aliphatic rings. The molecule has 0 radical (unpaired) electrons. The second-order valence-electron chi connectivity index (χ2n) is 3.71. The average Bonchev–Trinajstić information content (AvgIpc) is 2.80. The van der Waals surface area contributed by atoms with Crippen LogP contribution in [0.4, 0.5) is 0 Å². The van der Waals surface area contributed by atoms with Crippen LogP contribution in [0, 0.1) is 6.92 Å². The van der Waals surface area contributed by atoms with E-state index in [-0.39, 0.29) is 6.04 Å². The number of hydrogen-bond acceptors (Lipinski definition) is 3. The van der Waals surface area contributed by atoms with Gasteiger partial charge in [-0.2, -0.15) is 0 Å². The first-order valence-corrected chi connectivity index (χ1v) is 5.51. The smallest absolute Gasteiger partial charge is 0.126 e. The molecule has 1 N–H and O–H groups in total. The van der Waals surface area contributed by atoms with E-state index >= 15 is 0 Å². The van der Waals surface area contributed by atoms with Gasteiger partial charge in [0.25, 0.3) is 0 Å². The summed E-state index contributed by atoms with van der Waals surface area (Å²) in [6, 6.07) is 7.93. The highest BCUT2D eigenvalue weighted by molar-refractivity contribution is 5.27. The van der Waals surface area contributed by atoms with E-state index in [1.54, 1.807) is 6.26 Å². The molecule has 84 valence electrons. The van der Waals surface area contributed by atoms with E-state index < -0.39 is 0 Å². The Morgan fingerprint density at radius 2 is 2.25 bits per heavy atom. The van der Waals surface area contributed by atoms with Crippen molar-refractivity contribution >= 4 is 0 Å². The minimum absolute atomic E-state index is 0.0428. The molecule has 0 bridgehead atoms. The first-order valence-electron chi connectivity index (χ1n) is 5.51. The lowest BCUT2D eigenvalue weighted by molar-refractivity contribution is 0.446. The standard InChI is InChI=1S/C13H16N2O/c1-3-14-13(11-7-5-9-16-11)12-10(2)6-4-8-15-12/h4-9,13-14H,3H2,1-2H3. The fourth-order valence-corrected chi connectivity index (χ4v) is 1.79. The molecule has 0 aromatic carbocycles. The van der Waals surface area contributed by atoms with Crippen LogP contribution in [0.25, 0.3) is 0 Å². The van der Waals surface area contributed by atoms with Crippen LogP contribution in [0.5, 0.6) is 0 Å². The van der Waals surface area contributed by atoms with Crippen molar-refractivity contribution in [2.75, 3.05) is 6.54 Å². The molecule has 16 heavy (non-hydrogen) atoms. The fourth-order valence-electron chi connectivity index (χ4n) is 1.79. The predicted molar refractivity (Wildman–Crippen MR) is 63.2 cm³/mol. The highest BCUT2D eigenvalue weighted by Crippen LogP contribution is 2.22. The van der Waals surface area contributed by atoms with E-state index in [4.69, 9.17) is 4.42 Å². The average molecular weight is 216 g/mol. The minimum atomic E-state index is 0.0428. The first kappa shape index (κ1) is 10.9. The van der Waals surface area contributed by atoms with Crippen molar-refractivity contribution in [3.8, 4) is 0 Å². The van der Waals surface area contributed by atoms with Crippen LogP contribution in [-0.4, -0.2) is 11.5 Å². The van der Waals surface area contributed by atoms with Crippen molar-refractivity contribution in [1.82, 2.24) is 10.3 Å². The van der Waals surface area contributed by atoms with Crippen molar-refractivity contribution in [3.05, 3.63) is 53.7 Å².